The zero-order valence-corrected chi connectivity index (χ0v) is 14.3. The van der Waals surface area contributed by atoms with E-state index < -0.39 is 28.8 Å². The molecule has 0 aromatic carbocycles. The predicted molar refractivity (Wildman–Crippen MR) is 86.5 cm³/mol. The Hall–Kier alpha value is -1.64. The normalized spacial score (nSPS) is 13.0. The fraction of sp³-hybridized carbons (Fsp3) is 0.333. The number of nitrogens with one attached hydrogen (secondary N) is 1. The fourth-order valence-electron chi connectivity index (χ4n) is 2.09. The number of hydrogen-bond acceptors (Lipinski definition) is 4. The molecular formula is C15H14ClF3N2O2S. The quantitative estimate of drug-likeness (QED) is 0.811. The van der Waals surface area contributed by atoms with Crippen LogP contribution in [-0.2, 0) is 12.6 Å². The van der Waals surface area contributed by atoms with Crippen LogP contribution < -0.4 is 5.32 Å². The molecule has 0 aliphatic carbocycles. The van der Waals surface area contributed by atoms with Gasteiger partial charge in [0.25, 0.3) is 5.91 Å². The number of carbonyl (C=O) groups excluding carboxylic acids is 1. The Kier molecular flexibility index (Phi) is 5.52. The van der Waals surface area contributed by atoms with Crippen molar-refractivity contribution < 1.29 is 23.1 Å². The SMILES string of the molecule is CCc1cc(C(=O)Nc2cc(C(F)(F)F)c(Cl)cn2)sc1C(C)O. The molecule has 130 valence electrons. The smallest absolute Gasteiger partial charge is 0.388 e. The number of anilines is 1. The maximum atomic E-state index is 12.8. The first-order chi connectivity index (χ1) is 11.1. The molecule has 4 nitrogen and oxygen atoms in total. The minimum atomic E-state index is -4.64. The van der Waals surface area contributed by atoms with Crippen LogP contribution in [0.5, 0.6) is 0 Å². The number of aromatic nitrogens is 1. The van der Waals surface area contributed by atoms with Crippen LogP contribution in [0, 0.1) is 0 Å². The highest BCUT2D eigenvalue weighted by Gasteiger charge is 2.34. The van der Waals surface area contributed by atoms with E-state index in [9.17, 15) is 23.1 Å². The summed E-state index contributed by atoms with van der Waals surface area (Å²) in [5, 5.41) is 11.5. The van der Waals surface area contributed by atoms with Gasteiger partial charge in [-0.2, -0.15) is 13.2 Å². The molecule has 2 rings (SSSR count). The third kappa shape index (κ3) is 4.06. The molecule has 24 heavy (non-hydrogen) atoms. The summed E-state index contributed by atoms with van der Waals surface area (Å²) < 4.78 is 38.5. The van der Waals surface area contributed by atoms with Gasteiger partial charge in [0.05, 0.1) is 21.6 Å². The Morgan fingerprint density at radius 2 is 2.12 bits per heavy atom. The molecule has 1 amide bonds. The fourth-order valence-corrected chi connectivity index (χ4v) is 3.38. The summed E-state index contributed by atoms with van der Waals surface area (Å²) in [6.45, 7) is 3.47. The van der Waals surface area contributed by atoms with Crippen LogP contribution in [0.25, 0.3) is 0 Å². The van der Waals surface area contributed by atoms with Gasteiger partial charge in [-0.15, -0.1) is 11.3 Å². The molecule has 2 N–H and O–H groups in total. The monoisotopic (exact) mass is 378 g/mol. The first-order valence-corrected chi connectivity index (χ1v) is 8.17. The van der Waals surface area contributed by atoms with E-state index in [0.717, 1.165) is 23.1 Å². The summed E-state index contributed by atoms with van der Waals surface area (Å²) in [5.74, 6) is -0.841. The molecule has 0 saturated heterocycles. The average Bonchev–Trinajstić information content (AvgIpc) is 2.92. The maximum absolute atomic E-state index is 12.8. The van der Waals surface area contributed by atoms with Crippen molar-refractivity contribution >= 4 is 34.7 Å². The van der Waals surface area contributed by atoms with Crippen LogP contribution in [-0.4, -0.2) is 16.0 Å². The second kappa shape index (κ2) is 7.08. The Balaban J connectivity index is 2.27. The molecule has 0 aliphatic heterocycles. The van der Waals surface area contributed by atoms with Crippen molar-refractivity contribution in [2.75, 3.05) is 5.32 Å². The van der Waals surface area contributed by atoms with Crippen LogP contribution >= 0.6 is 22.9 Å². The van der Waals surface area contributed by atoms with Gasteiger partial charge >= 0.3 is 6.18 Å². The van der Waals surface area contributed by atoms with Crippen molar-refractivity contribution in [3.8, 4) is 0 Å². The average molecular weight is 379 g/mol. The molecule has 0 fully saturated rings. The Bertz CT molecular complexity index is 760. The number of aliphatic hydroxyl groups excluding tert-OH is 1. The number of aliphatic hydroxyl groups is 1. The first-order valence-electron chi connectivity index (χ1n) is 6.98. The Morgan fingerprint density at radius 3 is 2.62 bits per heavy atom. The largest absolute Gasteiger partial charge is 0.418 e. The molecule has 9 heteroatoms. The number of alkyl halides is 3. The molecule has 2 heterocycles. The second-order valence-electron chi connectivity index (χ2n) is 5.03. The number of halogens is 4. The first kappa shape index (κ1) is 18.7. The molecule has 2 aromatic heterocycles. The van der Waals surface area contributed by atoms with Crippen molar-refractivity contribution in [3.05, 3.63) is 44.2 Å². The molecule has 0 aliphatic rings. The Morgan fingerprint density at radius 1 is 1.46 bits per heavy atom. The van der Waals surface area contributed by atoms with E-state index in [2.05, 4.69) is 10.3 Å². The topological polar surface area (TPSA) is 62.2 Å². The summed E-state index contributed by atoms with van der Waals surface area (Å²) in [6, 6.07) is 2.30. The van der Waals surface area contributed by atoms with Crippen LogP contribution in [0.2, 0.25) is 5.02 Å². The lowest BCUT2D eigenvalue weighted by Gasteiger charge is -2.10. The number of thiophene rings is 1. The molecule has 2 aromatic rings. The van der Waals surface area contributed by atoms with Crippen molar-refractivity contribution in [1.29, 1.82) is 0 Å². The standard InChI is InChI=1S/C15H14ClF3N2O2S/c1-3-8-4-11(24-13(8)7(2)22)14(23)21-12-5-9(15(17,18)19)10(16)6-20-12/h4-7,22H,3H2,1-2H3,(H,20,21,23). The third-order valence-electron chi connectivity index (χ3n) is 3.23. The summed E-state index contributed by atoms with van der Waals surface area (Å²) in [4.78, 5) is 16.9. The van der Waals surface area contributed by atoms with Gasteiger partial charge in [0.2, 0.25) is 0 Å². The van der Waals surface area contributed by atoms with Crippen molar-refractivity contribution in [2.24, 2.45) is 0 Å². The van der Waals surface area contributed by atoms with Crippen LogP contribution in [0.1, 0.15) is 45.6 Å². The van der Waals surface area contributed by atoms with E-state index in [1.807, 2.05) is 6.92 Å². The lowest BCUT2D eigenvalue weighted by molar-refractivity contribution is -0.137. The minimum absolute atomic E-state index is 0.248. The number of carbonyl (C=O) groups is 1. The summed E-state index contributed by atoms with van der Waals surface area (Å²) in [6.07, 6.45) is -3.90. The third-order valence-corrected chi connectivity index (χ3v) is 4.88. The van der Waals surface area contributed by atoms with E-state index in [1.54, 1.807) is 13.0 Å². The molecular weight excluding hydrogens is 365 g/mol. The van der Waals surface area contributed by atoms with Gasteiger partial charge < -0.3 is 10.4 Å². The lowest BCUT2D eigenvalue weighted by Crippen LogP contribution is -2.13. The van der Waals surface area contributed by atoms with Crippen LogP contribution in [0.15, 0.2) is 18.3 Å². The number of hydrogen-bond donors (Lipinski definition) is 2. The van der Waals surface area contributed by atoms with Crippen LogP contribution in [0.4, 0.5) is 19.0 Å². The highest BCUT2D eigenvalue weighted by Crippen LogP contribution is 2.35. The molecule has 0 bridgehead atoms. The van der Waals surface area contributed by atoms with E-state index in [1.165, 1.54) is 0 Å². The second-order valence-corrected chi connectivity index (χ2v) is 6.52. The number of nitrogens with zero attached hydrogens (tertiary/aromatic N) is 1. The zero-order chi connectivity index (χ0) is 18.1. The van der Waals surface area contributed by atoms with Gasteiger partial charge in [-0.05, 0) is 31.0 Å². The van der Waals surface area contributed by atoms with Crippen LogP contribution in [0.3, 0.4) is 0 Å². The minimum Gasteiger partial charge on any atom is -0.388 e. The lowest BCUT2D eigenvalue weighted by atomic mass is 10.1. The maximum Gasteiger partial charge on any atom is 0.418 e. The van der Waals surface area contributed by atoms with Crippen molar-refractivity contribution in [2.45, 2.75) is 32.5 Å². The van der Waals surface area contributed by atoms with Crippen molar-refractivity contribution in [3.63, 3.8) is 0 Å². The molecule has 0 spiro atoms. The Labute approximate surface area is 145 Å². The highest BCUT2D eigenvalue weighted by atomic mass is 35.5. The van der Waals surface area contributed by atoms with E-state index in [4.69, 9.17) is 11.6 Å². The molecule has 0 saturated carbocycles. The molecule has 1 unspecified atom stereocenters. The summed E-state index contributed by atoms with van der Waals surface area (Å²) in [5.41, 5.74) is -0.250. The number of aryl methyl sites for hydroxylation is 1. The summed E-state index contributed by atoms with van der Waals surface area (Å²) in [7, 11) is 0. The van der Waals surface area contributed by atoms with Crippen molar-refractivity contribution in [1.82, 2.24) is 4.98 Å². The van der Waals surface area contributed by atoms with E-state index in [-0.39, 0.29) is 10.7 Å². The summed E-state index contributed by atoms with van der Waals surface area (Å²) >= 11 is 6.59. The van der Waals surface area contributed by atoms with Gasteiger partial charge in [-0.3, -0.25) is 4.79 Å². The number of amides is 1. The number of rotatable bonds is 4. The highest BCUT2D eigenvalue weighted by molar-refractivity contribution is 7.14. The van der Waals surface area contributed by atoms with E-state index in [0.29, 0.717) is 17.4 Å². The van der Waals surface area contributed by atoms with Gasteiger partial charge in [0, 0.05) is 11.1 Å². The van der Waals surface area contributed by atoms with E-state index >= 15 is 0 Å². The predicted octanol–water partition coefficient (Wildman–Crippen LogP) is 4.68. The molecule has 0 radical (unpaired) electrons. The molecule has 1 atom stereocenters. The zero-order valence-electron chi connectivity index (χ0n) is 12.7. The van der Waals surface area contributed by atoms with Gasteiger partial charge in [0.1, 0.15) is 5.82 Å². The number of pyridine rings is 1. The van der Waals surface area contributed by atoms with Gasteiger partial charge in [-0.1, -0.05) is 18.5 Å². The van der Waals surface area contributed by atoms with Gasteiger partial charge in [0.15, 0.2) is 0 Å². The van der Waals surface area contributed by atoms with Gasteiger partial charge in [-0.25, -0.2) is 4.98 Å².